The molecule has 1 atom stereocenters. The second-order valence-electron chi connectivity index (χ2n) is 6.31. The molecule has 0 aliphatic rings. The zero-order valence-corrected chi connectivity index (χ0v) is 16.4. The number of carbonyl (C=O) groups excluding carboxylic acids is 2. The standard InChI is InChI=1S/C21H21ClFNO3/c1-12-10-13(2)20(14(3)11-12)24-21(26)15(4)27-19(25)9-8-16-17(22)6-5-7-18(16)23/h5-11,15H,1-4H3,(H,24,26)/b9-8+. The number of carbonyl (C=O) groups is 2. The van der Waals surface area contributed by atoms with E-state index in [4.69, 9.17) is 16.3 Å². The lowest BCUT2D eigenvalue weighted by Crippen LogP contribution is -2.30. The molecule has 1 amide bonds. The van der Waals surface area contributed by atoms with Crippen LogP contribution in [0.2, 0.25) is 5.02 Å². The number of rotatable bonds is 5. The van der Waals surface area contributed by atoms with Crippen LogP contribution < -0.4 is 5.32 Å². The van der Waals surface area contributed by atoms with Gasteiger partial charge in [0.05, 0.1) is 5.02 Å². The van der Waals surface area contributed by atoms with Gasteiger partial charge in [0, 0.05) is 17.3 Å². The normalized spacial score (nSPS) is 12.1. The summed E-state index contributed by atoms with van der Waals surface area (Å²) in [6.07, 6.45) is 1.24. The molecule has 27 heavy (non-hydrogen) atoms. The summed E-state index contributed by atoms with van der Waals surface area (Å²) in [6.45, 7) is 7.24. The van der Waals surface area contributed by atoms with Crippen LogP contribution in [-0.2, 0) is 14.3 Å². The van der Waals surface area contributed by atoms with Gasteiger partial charge < -0.3 is 10.1 Å². The Morgan fingerprint density at radius 2 is 1.81 bits per heavy atom. The van der Waals surface area contributed by atoms with Gasteiger partial charge in [-0.15, -0.1) is 0 Å². The molecule has 0 bridgehead atoms. The number of amides is 1. The van der Waals surface area contributed by atoms with Gasteiger partial charge in [0.1, 0.15) is 5.82 Å². The summed E-state index contributed by atoms with van der Waals surface area (Å²) < 4.78 is 18.8. The molecule has 2 rings (SSSR count). The minimum absolute atomic E-state index is 0.0825. The summed E-state index contributed by atoms with van der Waals surface area (Å²) in [5, 5.41) is 2.96. The van der Waals surface area contributed by atoms with Gasteiger partial charge in [-0.25, -0.2) is 9.18 Å². The van der Waals surface area contributed by atoms with Crippen molar-refractivity contribution in [3.63, 3.8) is 0 Å². The van der Waals surface area contributed by atoms with Gasteiger partial charge in [-0.05, 0) is 57.0 Å². The molecule has 0 fully saturated rings. The molecule has 0 heterocycles. The third-order valence-electron chi connectivity index (χ3n) is 3.97. The molecule has 6 heteroatoms. The minimum atomic E-state index is -1.02. The first-order valence-corrected chi connectivity index (χ1v) is 8.78. The van der Waals surface area contributed by atoms with Crippen LogP contribution in [-0.4, -0.2) is 18.0 Å². The van der Waals surface area contributed by atoms with E-state index in [2.05, 4.69) is 5.32 Å². The highest BCUT2D eigenvalue weighted by molar-refractivity contribution is 6.32. The Morgan fingerprint density at radius 3 is 2.41 bits per heavy atom. The number of halogens is 2. The van der Waals surface area contributed by atoms with Crippen LogP contribution in [0, 0.1) is 26.6 Å². The molecule has 4 nitrogen and oxygen atoms in total. The van der Waals surface area contributed by atoms with Crippen LogP contribution in [0.4, 0.5) is 10.1 Å². The van der Waals surface area contributed by atoms with Crippen molar-refractivity contribution < 1.29 is 18.7 Å². The van der Waals surface area contributed by atoms with Crippen LogP contribution in [0.15, 0.2) is 36.4 Å². The molecule has 0 saturated heterocycles. The number of hydrogen-bond acceptors (Lipinski definition) is 3. The highest BCUT2D eigenvalue weighted by Crippen LogP contribution is 2.22. The van der Waals surface area contributed by atoms with Crippen LogP contribution in [0.25, 0.3) is 6.08 Å². The van der Waals surface area contributed by atoms with E-state index in [1.54, 1.807) is 0 Å². The van der Waals surface area contributed by atoms with E-state index in [-0.39, 0.29) is 10.6 Å². The van der Waals surface area contributed by atoms with E-state index < -0.39 is 23.8 Å². The Morgan fingerprint density at radius 1 is 1.19 bits per heavy atom. The molecule has 0 aliphatic heterocycles. The first kappa shape index (κ1) is 20.6. The number of anilines is 1. The van der Waals surface area contributed by atoms with Crippen LogP contribution in [0.3, 0.4) is 0 Å². The van der Waals surface area contributed by atoms with Crippen molar-refractivity contribution in [2.45, 2.75) is 33.8 Å². The summed E-state index contributed by atoms with van der Waals surface area (Å²) in [4.78, 5) is 24.3. The molecule has 0 aromatic heterocycles. The fourth-order valence-electron chi connectivity index (χ4n) is 2.69. The summed E-state index contributed by atoms with van der Waals surface area (Å²) in [6, 6.07) is 8.13. The molecule has 0 radical (unpaired) electrons. The lowest BCUT2D eigenvalue weighted by Gasteiger charge is -2.16. The van der Waals surface area contributed by atoms with Gasteiger partial charge in [-0.3, -0.25) is 4.79 Å². The van der Waals surface area contributed by atoms with Crippen LogP contribution in [0.5, 0.6) is 0 Å². The van der Waals surface area contributed by atoms with Gasteiger partial charge in [0.2, 0.25) is 0 Å². The maximum absolute atomic E-state index is 13.7. The number of nitrogens with one attached hydrogen (secondary N) is 1. The quantitative estimate of drug-likeness (QED) is 0.579. The van der Waals surface area contributed by atoms with Crippen molar-refractivity contribution in [2.24, 2.45) is 0 Å². The molecular weight excluding hydrogens is 369 g/mol. The van der Waals surface area contributed by atoms with E-state index in [1.165, 1.54) is 31.2 Å². The number of aryl methyl sites for hydroxylation is 3. The minimum Gasteiger partial charge on any atom is -0.449 e. The van der Waals surface area contributed by atoms with Gasteiger partial charge in [0.15, 0.2) is 6.10 Å². The molecule has 1 N–H and O–H groups in total. The number of hydrogen-bond donors (Lipinski definition) is 1. The maximum Gasteiger partial charge on any atom is 0.331 e. The van der Waals surface area contributed by atoms with E-state index >= 15 is 0 Å². The average Bonchev–Trinajstić information content (AvgIpc) is 2.57. The molecular formula is C21H21ClFNO3. The van der Waals surface area contributed by atoms with Gasteiger partial charge in [-0.2, -0.15) is 0 Å². The van der Waals surface area contributed by atoms with Crippen molar-refractivity contribution in [2.75, 3.05) is 5.32 Å². The van der Waals surface area contributed by atoms with E-state index in [9.17, 15) is 14.0 Å². The highest BCUT2D eigenvalue weighted by atomic mass is 35.5. The number of esters is 1. The Labute approximate surface area is 163 Å². The zero-order chi connectivity index (χ0) is 20.1. The summed E-state index contributed by atoms with van der Waals surface area (Å²) in [5.74, 6) is -1.77. The second-order valence-corrected chi connectivity index (χ2v) is 6.72. The fraction of sp³-hybridized carbons (Fsp3) is 0.238. The van der Waals surface area contributed by atoms with E-state index in [1.807, 2.05) is 32.9 Å². The Kier molecular flexibility index (Phi) is 6.75. The topological polar surface area (TPSA) is 55.4 Å². The van der Waals surface area contributed by atoms with Gasteiger partial charge in [0.25, 0.3) is 5.91 Å². The highest BCUT2D eigenvalue weighted by Gasteiger charge is 2.18. The third-order valence-corrected chi connectivity index (χ3v) is 4.30. The maximum atomic E-state index is 13.7. The Bertz CT molecular complexity index is 865. The zero-order valence-electron chi connectivity index (χ0n) is 15.6. The van der Waals surface area contributed by atoms with E-state index in [0.29, 0.717) is 5.69 Å². The summed E-state index contributed by atoms with van der Waals surface area (Å²) >= 11 is 5.89. The molecule has 2 aromatic carbocycles. The van der Waals surface area contributed by atoms with E-state index in [0.717, 1.165) is 22.8 Å². The van der Waals surface area contributed by atoms with Gasteiger partial charge >= 0.3 is 5.97 Å². The lowest BCUT2D eigenvalue weighted by atomic mass is 10.0. The molecule has 142 valence electrons. The molecule has 2 aromatic rings. The fourth-order valence-corrected chi connectivity index (χ4v) is 2.92. The predicted molar refractivity (Wildman–Crippen MR) is 105 cm³/mol. The largest absolute Gasteiger partial charge is 0.449 e. The van der Waals surface area contributed by atoms with Gasteiger partial charge in [-0.1, -0.05) is 35.4 Å². The van der Waals surface area contributed by atoms with Crippen molar-refractivity contribution in [1.82, 2.24) is 0 Å². The van der Waals surface area contributed by atoms with Crippen molar-refractivity contribution in [3.05, 3.63) is 69.5 Å². The number of ether oxygens (including phenoxy) is 1. The van der Waals surface area contributed by atoms with Crippen LogP contribution >= 0.6 is 11.6 Å². The summed E-state index contributed by atoms with van der Waals surface area (Å²) in [5.41, 5.74) is 3.72. The average molecular weight is 390 g/mol. The third kappa shape index (κ3) is 5.41. The lowest BCUT2D eigenvalue weighted by molar-refractivity contribution is -0.148. The first-order valence-electron chi connectivity index (χ1n) is 8.40. The molecule has 1 unspecified atom stereocenters. The molecule has 0 aliphatic carbocycles. The molecule has 0 saturated carbocycles. The first-order chi connectivity index (χ1) is 12.7. The SMILES string of the molecule is Cc1cc(C)c(NC(=O)C(C)OC(=O)/C=C/c2c(F)cccc2Cl)c(C)c1. The monoisotopic (exact) mass is 389 g/mol. The predicted octanol–water partition coefficient (Wildman–Crippen LogP) is 4.99. The summed E-state index contributed by atoms with van der Waals surface area (Å²) in [7, 11) is 0. The van der Waals surface area contributed by atoms with Crippen molar-refractivity contribution in [1.29, 1.82) is 0 Å². The number of benzene rings is 2. The Hall–Kier alpha value is -2.66. The van der Waals surface area contributed by atoms with Crippen molar-refractivity contribution in [3.8, 4) is 0 Å². The second kappa shape index (κ2) is 8.82. The Balaban J connectivity index is 2.02. The van der Waals surface area contributed by atoms with Crippen LogP contribution in [0.1, 0.15) is 29.2 Å². The molecule has 0 spiro atoms. The van der Waals surface area contributed by atoms with Crippen molar-refractivity contribution >= 4 is 35.2 Å². The smallest absolute Gasteiger partial charge is 0.331 e.